The number of piperazine rings is 1. The van der Waals surface area contributed by atoms with Crippen LogP contribution in [-0.2, 0) is 27.5 Å². The van der Waals surface area contributed by atoms with E-state index in [4.69, 9.17) is 0 Å². The minimum absolute atomic E-state index is 0.00719. The summed E-state index contributed by atoms with van der Waals surface area (Å²) in [6.07, 6.45) is 0.162. The summed E-state index contributed by atoms with van der Waals surface area (Å²) < 4.78 is 0. The Kier molecular flexibility index (Phi) is 12.4. The fourth-order valence-corrected chi connectivity index (χ4v) is 6.07. The van der Waals surface area contributed by atoms with Gasteiger partial charge in [-0.2, -0.15) is 0 Å². The highest BCUT2D eigenvalue weighted by Crippen LogP contribution is 2.30. The number of carbonyl (C=O) groups excluding carboxylic acids is 5. The molecule has 14 nitrogen and oxygen atoms in total. The van der Waals surface area contributed by atoms with Gasteiger partial charge < -0.3 is 15.1 Å². The molecule has 2 heterocycles. The van der Waals surface area contributed by atoms with Crippen molar-refractivity contribution in [2.45, 2.75) is 52.7 Å². The number of urea groups is 2. The number of imide groups is 1. The highest BCUT2D eigenvalue weighted by molar-refractivity contribution is 6.06. The lowest BCUT2D eigenvalue weighted by Gasteiger charge is -2.32. The van der Waals surface area contributed by atoms with Crippen LogP contribution in [0.3, 0.4) is 0 Å². The van der Waals surface area contributed by atoms with E-state index in [-0.39, 0.29) is 18.9 Å². The normalized spacial score (nSPS) is 18.0. The third-order valence-corrected chi connectivity index (χ3v) is 9.38. The zero-order chi connectivity index (χ0) is 35.9. The molecule has 7 amide bonds. The van der Waals surface area contributed by atoms with E-state index < -0.39 is 53.7 Å². The van der Waals surface area contributed by atoms with Crippen molar-refractivity contribution in [3.63, 3.8) is 0 Å². The Morgan fingerprint density at radius 3 is 2.06 bits per heavy atom. The Labute approximate surface area is 288 Å². The molecule has 4 rings (SSSR count). The van der Waals surface area contributed by atoms with Crippen molar-refractivity contribution in [3.8, 4) is 0 Å². The second kappa shape index (κ2) is 16.2. The number of hydrogen-bond acceptors (Lipinski definition) is 8. The highest BCUT2D eigenvalue weighted by atomic mass is 16.5. The Bertz CT molecular complexity index is 1480. The minimum Gasteiger partial charge on any atom is -0.313 e. The quantitative estimate of drug-likeness (QED) is 0.152. The largest absolute Gasteiger partial charge is 0.340 e. The lowest BCUT2D eigenvalue weighted by molar-refractivity contribution is -0.144. The molecule has 0 aromatic heterocycles. The average molecular weight is 679 g/mol. The van der Waals surface area contributed by atoms with Gasteiger partial charge in [0.1, 0.15) is 5.54 Å². The lowest BCUT2D eigenvalue weighted by Crippen LogP contribution is -2.54. The van der Waals surface area contributed by atoms with Crippen molar-refractivity contribution in [2.24, 2.45) is 17.8 Å². The molecule has 2 atom stereocenters. The summed E-state index contributed by atoms with van der Waals surface area (Å²) in [4.78, 5) is 74.0. The lowest BCUT2D eigenvalue weighted by atomic mass is 9.83. The SMILES string of the molecule is CC(C)C[C@@H](C(=O)NN(Cc1ccccc1)C(=O)Nc1ccc(CN2CCN(C)CC2)cc1)C(CN1C(=O)N(C)C(C)(C)C1=O)C(=O)NO. The molecule has 2 aliphatic rings. The van der Waals surface area contributed by atoms with Gasteiger partial charge in [-0.3, -0.25) is 34.8 Å². The van der Waals surface area contributed by atoms with Crippen LogP contribution in [-0.4, -0.2) is 112 Å². The van der Waals surface area contributed by atoms with Crippen LogP contribution in [0.25, 0.3) is 0 Å². The van der Waals surface area contributed by atoms with Crippen molar-refractivity contribution in [3.05, 3.63) is 65.7 Å². The molecule has 14 heteroatoms. The molecule has 4 N–H and O–H groups in total. The predicted molar refractivity (Wildman–Crippen MR) is 184 cm³/mol. The fourth-order valence-electron chi connectivity index (χ4n) is 6.07. The highest BCUT2D eigenvalue weighted by Gasteiger charge is 2.51. The molecule has 0 aliphatic carbocycles. The van der Waals surface area contributed by atoms with E-state index in [0.29, 0.717) is 5.69 Å². The maximum absolute atomic E-state index is 14.1. The van der Waals surface area contributed by atoms with E-state index in [0.717, 1.165) is 53.8 Å². The van der Waals surface area contributed by atoms with Gasteiger partial charge in [-0.1, -0.05) is 56.3 Å². The molecule has 1 unspecified atom stereocenters. The first-order chi connectivity index (χ1) is 23.2. The molecule has 2 aliphatic heterocycles. The second-order valence-electron chi connectivity index (χ2n) is 13.9. The Morgan fingerprint density at radius 1 is 0.878 bits per heavy atom. The van der Waals surface area contributed by atoms with Gasteiger partial charge in [0.05, 0.1) is 18.4 Å². The molecule has 2 aromatic rings. The van der Waals surface area contributed by atoms with Crippen LogP contribution in [0.15, 0.2) is 54.6 Å². The van der Waals surface area contributed by atoms with Gasteiger partial charge in [0.25, 0.3) is 5.91 Å². The standard InChI is InChI=1S/C35H50N8O6/c1-24(2)20-28(29(31(45)38-49)23-42-32(46)35(3,4)40(6)34(42)48)30(44)37-43(22-25-10-8-7-9-11-25)33(47)36-27-14-12-26(13-15-27)21-41-18-16-39(5)17-19-41/h7-15,24,28-29,49H,16-23H2,1-6H3,(H,36,47)(H,37,44)(H,38,45)/t28-,29?/m1/s1. The third kappa shape index (κ3) is 9.34. The number of hydrogen-bond donors (Lipinski definition) is 4. The average Bonchev–Trinajstić information content (AvgIpc) is 3.22. The van der Waals surface area contributed by atoms with Crippen molar-refractivity contribution >= 4 is 35.5 Å². The number of hydrazine groups is 1. The number of likely N-dealkylation sites (N-methyl/N-ethyl adjacent to an activating group) is 2. The summed E-state index contributed by atoms with van der Waals surface area (Å²) in [5, 5.41) is 13.7. The van der Waals surface area contributed by atoms with Crippen LogP contribution in [0.2, 0.25) is 0 Å². The summed E-state index contributed by atoms with van der Waals surface area (Å²) in [6, 6.07) is 15.4. The first kappa shape index (κ1) is 37.3. The summed E-state index contributed by atoms with van der Waals surface area (Å²) in [5.74, 6) is -4.67. The summed E-state index contributed by atoms with van der Waals surface area (Å²) >= 11 is 0. The van der Waals surface area contributed by atoms with E-state index in [1.54, 1.807) is 19.3 Å². The maximum Gasteiger partial charge on any atom is 0.340 e. The number of hydroxylamine groups is 1. The molecule has 2 aromatic carbocycles. The number of benzene rings is 2. The molecular weight excluding hydrogens is 628 g/mol. The third-order valence-electron chi connectivity index (χ3n) is 9.38. The summed E-state index contributed by atoms with van der Waals surface area (Å²) in [7, 11) is 3.60. The first-order valence-corrected chi connectivity index (χ1v) is 16.7. The first-order valence-electron chi connectivity index (χ1n) is 16.7. The molecule has 0 bridgehead atoms. The van der Waals surface area contributed by atoms with Gasteiger partial charge >= 0.3 is 12.1 Å². The van der Waals surface area contributed by atoms with Crippen LogP contribution >= 0.6 is 0 Å². The smallest absolute Gasteiger partial charge is 0.313 e. The second-order valence-corrected chi connectivity index (χ2v) is 13.9. The molecule has 0 radical (unpaired) electrons. The zero-order valence-electron chi connectivity index (χ0n) is 29.3. The minimum atomic E-state index is -1.31. The van der Waals surface area contributed by atoms with Crippen molar-refractivity contribution < 1.29 is 29.2 Å². The fraction of sp³-hybridized carbons (Fsp3) is 0.514. The maximum atomic E-state index is 14.1. The molecule has 2 fully saturated rings. The van der Waals surface area contributed by atoms with Crippen LogP contribution < -0.4 is 16.2 Å². The van der Waals surface area contributed by atoms with Crippen molar-refractivity contribution in [1.29, 1.82) is 0 Å². The molecule has 49 heavy (non-hydrogen) atoms. The molecule has 2 saturated heterocycles. The van der Waals surface area contributed by atoms with E-state index in [1.807, 2.05) is 68.4 Å². The Hall–Kier alpha value is -4.53. The number of nitrogens with one attached hydrogen (secondary N) is 3. The Balaban J connectivity index is 1.54. The number of nitrogens with zero attached hydrogens (tertiary/aromatic N) is 5. The van der Waals surface area contributed by atoms with Gasteiger partial charge in [0.2, 0.25) is 11.8 Å². The van der Waals surface area contributed by atoms with Crippen molar-refractivity contribution in [1.82, 2.24) is 35.5 Å². The topological polar surface area (TPSA) is 158 Å². The van der Waals surface area contributed by atoms with Gasteiger partial charge in [0, 0.05) is 52.0 Å². The number of rotatable bonds is 12. The van der Waals surface area contributed by atoms with Crippen LogP contribution in [0, 0.1) is 17.8 Å². The molecular formula is C35H50N8O6. The van der Waals surface area contributed by atoms with E-state index in [9.17, 15) is 29.2 Å². The van der Waals surface area contributed by atoms with Crippen molar-refractivity contribution in [2.75, 3.05) is 52.1 Å². The van der Waals surface area contributed by atoms with Crippen LogP contribution in [0.1, 0.15) is 45.2 Å². The van der Waals surface area contributed by atoms with Gasteiger partial charge in [-0.05, 0) is 56.5 Å². The van der Waals surface area contributed by atoms with Gasteiger partial charge in [-0.25, -0.2) is 20.1 Å². The molecule has 0 saturated carbocycles. The van der Waals surface area contributed by atoms with E-state index in [2.05, 4.69) is 27.6 Å². The monoisotopic (exact) mass is 678 g/mol. The molecule has 266 valence electrons. The number of amides is 7. The Morgan fingerprint density at radius 2 is 1.51 bits per heavy atom. The van der Waals surface area contributed by atoms with E-state index in [1.165, 1.54) is 11.9 Å². The van der Waals surface area contributed by atoms with Crippen LogP contribution in [0.5, 0.6) is 0 Å². The summed E-state index contributed by atoms with van der Waals surface area (Å²) in [6.45, 7) is 11.3. The predicted octanol–water partition coefficient (Wildman–Crippen LogP) is 2.96. The van der Waals surface area contributed by atoms with Gasteiger partial charge in [0.15, 0.2) is 0 Å². The number of carbonyl (C=O) groups is 5. The van der Waals surface area contributed by atoms with E-state index >= 15 is 0 Å². The molecule has 0 spiro atoms. The summed E-state index contributed by atoms with van der Waals surface area (Å²) in [5.41, 5.74) is 5.55. The number of anilines is 1. The van der Waals surface area contributed by atoms with Gasteiger partial charge in [-0.15, -0.1) is 0 Å². The van der Waals surface area contributed by atoms with Crippen LogP contribution in [0.4, 0.5) is 15.3 Å². The zero-order valence-corrected chi connectivity index (χ0v) is 29.3.